The maximum Gasteiger partial charge on any atom is 0.311 e. The van der Waals surface area contributed by atoms with Crippen molar-refractivity contribution >= 4 is 28.9 Å². The zero-order valence-electron chi connectivity index (χ0n) is 11.0. The van der Waals surface area contributed by atoms with Gasteiger partial charge in [0.2, 0.25) is 5.75 Å². The molecular weight excluding hydrogens is 317 g/mol. The first-order chi connectivity index (χ1) is 10.0. The van der Waals surface area contributed by atoms with Gasteiger partial charge in [0.05, 0.1) is 17.1 Å². The Kier molecular flexibility index (Phi) is 4.88. The van der Waals surface area contributed by atoms with Crippen LogP contribution in [0.3, 0.4) is 0 Å². The van der Waals surface area contributed by atoms with Gasteiger partial charge in [0.15, 0.2) is 0 Å². The molecule has 0 aromatic heterocycles. The Morgan fingerprint density at radius 3 is 2.52 bits per heavy atom. The SMILES string of the molecule is COc1ccc([N+](=O)[O-])c(Oc2ccc(CCl)cc2Cl)c1. The summed E-state index contributed by atoms with van der Waals surface area (Å²) >= 11 is 11.8. The number of benzene rings is 2. The zero-order valence-corrected chi connectivity index (χ0v) is 12.5. The maximum atomic E-state index is 11.0. The van der Waals surface area contributed by atoms with E-state index < -0.39 is 4.92 Å². The van der Waals surface area contributed by atoms with Gasteiger partial charge < -0.3 is 9.47 Å². The summed E-state index contributed by atoms with van der Waals surface area (Å²) in [7, 11) is 1.47. The predicted octanol–water partition coefficient (Wildman–Crippen LogP) is 4.79. The number of methoxy groups -OCH3 is 1. The monoisotopic (exact) mass is 327 g/mol. The first kappa shape index (κ1) is 15.4. The second-order valence-electron chi connectivity index (χ2n) is 4.09. The molecule has 110 valence electrons. The number of nitro groups is 1. The van der Waals surface area contributed by atoms with Crippen molar-refractivity contribution in [2.45, 2.75) is 5.88 Å². The van der Waals surface area contributed by atoms with Crippen LogP contribution in [0.1, 0.15) is 5.56 Å². The normalized spacial score (nSPS) is 10.2. The van der Waals surface area contributed by atoms with Crippen LogP contribution in [0.15, 0.2) is 36.4 Å². The van der Waals surface area contributed by atoms with Crippen molar-refractivity contribution in [3.05, 3.63) is 57.1 Å². The van der Waals surface area contributed by atoms with Gasteiger partial charge in [-0.05, 0) is 23.8 Å². The Hall–Kier alpha value is -1.98. The standard InChI is InChI=1S/C14H11Cl2NO4/c1-20-10-3-4-12(17(18)19)14(7-10)21-13-5-2-9(8-15)6-11(13)16/h2-7H,8H2,1H3. The highest BCUT2D eigenvalue weighted by Gasteiger charge is 2.18. The summed E-state index contributed by atoms with van der Waals surface area (Å²) in [4.78, 5) is 10.5. The van der Waals surface area contributed by atoms with Crippen LogP contribution in [0.2, 0.25) is 5.02 Å². The lowest BCUT2D eigenvalue weighted by Crippen LogP contribution is -1.95. The molecule has 0 bridgehead atoms. The number of nitro benzene ring substituents is 1. The highest BCUT2D eigenvalue weighted by atomic mass is 35.5. The molecule has 0 unspecified atom stereocenters. The van der Waals surface area contributed by atoms with Crippen molar-refractivity contribution in [3.8, 4) is 17.2 Å². The van der Waals surface area contributed by atoms with E-state index in [1.54, 1.807) is 18.2 Å². The van der Waals surface area contributed by atoms with E-state index in [0.29, 0.717) is 22.4 Å². The Morgan fingerprint density at radius 2 is 1.95 bits per heavy atom. The van der Waals surface area contributed by atoms with Crippen molar-refractivity contribution in [3.63, 3.8) is 0 Å². The minimum absolute atomic E-state index is 0.0554. The van der Waals surface area contributed by atoms with Gasteiger partial charge in [0, 0.05) is 18.0 Å². The average molecular weight is 328 g/mol. The molecule has 0 aliphatic carbocycles. The molecule has 0 N–H and O–H groups in total. The van der Waals surface area contributed by atoms with E-state index in [2.05, 4.69) is 0 Å². The van der Waals surface area contributed by atoms with Crippen molar-refractivity contribution in [2.75, 3.05) is 7.11 Å². The first-order valence-corrected chi connectivity index (χ1v) is 6.81. The van der Waals surface area contributed by atoms with E-state index in [0.717, 1.165) is 5.56 Å². The van der Waals surface area contributed by atoms with Crippen molar-refractivity contribution in [1.29, 1.82) is 0 Å². The van der Waals surface area contributed by atoms with Gasteiger partial charge in [-0.2, -0.15) is 0 Å². The fraction of sp³-hybridized carbons (Fsp3) is 0.143. The van der Waals surface area contributed by atoms with E-state index in [1.165, 1.54) is 25.3 Å². The molecule has 0 saturated heterocycles. The summed E-state index contributed by atoms with van der Waals surface area (Å²) in [6.45, 7) is 0. The third-order valence-corrected chi connectivity index (χ3v) is 3.34. The lowest BCUT2D eigenvalue weighted by atomic mass is 10.2. The van der Waals surface area contributed by atoms with Crippen molar-refractivity contribution < 1.29 is 14.4 Å². The van der Waals surface area contributed by atoms with Crippen LogP contribution >= 0.6 is 23.2 Å². The topological polar surface area (TPSA) is 61.6 Å². The molecule has 0 atom stereocenters. The Balaban J connectivity index is 2.40. The minimum Gasteiger partial charge on any atom is -0.497 e. The number of ether oxygens (including phenoxy) is 2. The smallest absolute Gasteiger partial charge is 0.311 e. The van der Waals surface area contributed by atoms with Gasteiger partial charge in [-0.25, -0.2) is 0 Å². The molecule has 7 heteroatoms. The molecule has 0 spiro atoms. The Bertz CT molecular complexity index is 676. The highest BCUT2D eigenvalue weighted by Crippen LogP contribution is 2.37. The van der Waals surface area contributed by atoms with Crippen LogP contribution in [0.4, 0.5) is 5.69 Å². The van der Waals surface area contributed by atoms with E-state index in [-0.39, 0.29) is 11.4 Å². The molecule has 2 aromatic rings. The van der Waals surface area contributed by atoms with Crippen molar-refractivity contribution in [2.24, 2.45) is 0 Å². The molecule has 2 rings (SSSR count). The molecule has 0 aliphatic heterocycles. The highest BCUT2D eigenvalue weighted by molar-refractivity contribution is 6.32. The zero-order chi connectivity index (χ0) is 15.4. The fourth-order valence-corrected chi connectivity index (χ4v) is 2.09. The molecule has 0 amide bonds. The quantitative estimate of drug-likeness (QED) is 0.450. The van der Waals surface area contributed by atoms with Gasteiger partial charge in [0.25, 0.3) is 0 Å². The number of nitrogens with zero attached hydrogens (tertiary/aromatic N) is 1. The van der Waals surface area contributed by atoms with Gasteiger partial charge >= 0.3 is 5.69 Å². The number of rotatable bonds is 5. The fourth-order valence-electron chi connectivity index (χ4n) is 1.68. The number of halogens is 2. The Morgan fingerprint density at radius 1 is 1.19 bits per heavy atom. The van der Waals surface area contributed by atoms with Crippen LogP contribution in [-0.2, 0) is 5.88 Å². The number of alkyl halides is 1. The third-order valence-electron chi connectivity index (χ3n) is 2.73. The van der Waals surface area contributed by atoms with Crippen LogP contribution < -0.4 is 9.47 Å². The van der Waals surface area contributed by atoms with E-state index in [9.17, 15) is 10.1 Å². The second-order valence-corrected chi connectivity index (χ2v) is 4.77. The first-order valence-electron chi connectivity index (χ1n) is 5.90. The molecule has 21 heavy (non-hydrogen) atoms. The summed E-state index contributed by atoms with van der Waals surface area (Å²) in [5.74, 6) is 1.13. The van der Waals surface area contributed by atoms with Crippen LogP contribution in [0, 0.1) is 10.1 Å². The molecule has 2 aromatic carbocycles. The lowest BCUT2D eigenvalue weighted by molar-refractivity contribution is -0.385. The molecule has 0 heterocycles. The molecule has 0 radical (unpaired) electrons. The van der Waals surface area contributed by atoms with Crippen molar-refractivity contribution in [1.82, 2.24) is 0 Å². The number of hydrogen-bond acceptors (Lipinski definition) is 4. The molecule has 0 fully saturated rings. The summed E-state index contributed by atoms with van der Waals surface area (Å²) in [5, 5.41) is 11.4. The molecular formula is C14H11Cl2NO4. The largest absolute Gasteiger partial charge is 0.497 e. The van der Waals surface area contributed by atoms with Gasteiger partial charge in [-0.15, -0.1) is 11.6 Å². The maximum absolute atomic E-state index is 11.0. The third kappa shape index (κ3) is 3.56. The summed E-state index contributed by atoms with van der Waals surface area (Å²) < 4.78 is 10.6. The summed E-state index contributed by atoms with van der Waals surface area (Å²) in [5.41, 5.74) is 0.655. The Labute approximate surface area is 131 Å². The van der Waals surface area contributed by atoms with Gasteiger partial charge in [-0.1, -0.05) is 17.7 Å². The van der Waals surface area contributed by atoms with Gasteiger partial charge in [-0.3, -0.25) is 10.1 Å². The molecule has 0 saturated carbocycles. The number of hydrogen-bond donors (Lipinski definition) is 0. The summed E-state index contributed by atoms with van der Waals surface area (Å²) in [6.07, 6.45) is 0. The predicted molar refractivity (Wildman–Crippen MR) is 80.7 cm³/mol. The van der Waals surface area contributed by atoms with Crippen LogP contribution in [0.5, 0.6) is 17.2 Å². The molecule has 0 aliphatic rings. The average Bonchev–Trinajstić information content (AvgIpc) is 2.48. The molecule has 5 nitrogen and oxygen atoms in total. The van der Waals surface area contributed by atoms with E-state index in [1.807, 2.05) is 0 Å². The van der Waals surface area contributed by atoms with Crippen LogP contribution in [0.25, 0.3) is 0 Å². The minimum atomic E-state index is -0.532. The van der Waals surface area contributed by atoms with E-state index in [4.69, 9.17) is 32.7 Å². The van der Waals surface area contributed by atoms with E-state index >= 15 is 0 Å². The summed E-state index contributed by atoms with van der Waals surface area (Å²) in [6, 6.07) is 9.24. The second kappa shape index (κ2) is 6.65. The van der Waals surface area contributed by atoms with Crippen LogP contribution in [-0.4, -0.2) is 12.0 Å². The lowest BCUT2D eigenvalue weighted by Gasteiger charge is -2.10. The van der Waals surface area contributed by atoms with Gasteiger partial charge in [0.1, 0.15) is 11.5 Å².